The first-order valence-corrected chi connectivity index (χ1v) is 6.88. The van der Waals surface area contributed by atoms with Gasteiger partial charge in [-0.3, -0.25) is 4.90 Å². The molecule has 2 aromatic heterocycles. The molecule has 9 heteroatoms. The van der Waals surface area contributed by atoms with Crippen molar-refractivity contribution < 1.29 is 14.1 Å². The van der Waals surface area contributed by atoms with Crippen molar-refractivity contribution in [2.45, 2.75) is 45.9 Å². The first-order valence-electron chi connectivity index (χ1n) is 6.88. The minimum atomic E-state index is -0.559. The first kappa shape index (κ1) is 15.9. The maximum absolute atomic E-state index is 12.0. The molecule has 0 spiro atoms. The van der Waals surface area contributed by atoms with E-state index in [-0.39, 0.29) is 0 Å². The van der Waals surface area contributed by atoms with Crippen molar-refractivity contribution in [2.75, 3.05) is 7.05 Å². The third-order valence-corrected chi connectivity index (χ3v) is 2.85. The number of aromatic nitrogens is 5. The third kappa shape index (κ3) is 4.03. The number of rotatable bonds is 4. The molecule has 9 nitrogen and oxygen atoms in total. The van der Waals surface area contributed by atoms with Crippen LogP contribution in [0.2, 0.25) is 0 Å². The molecule has 0 N–H and O–H groups in total. The van der Waals surface area contributed by atoms with Gasteiger partial charge in [0, 0.05) is 7.05 Å². The Hall–Kier alpha value is -2.45. The van der Waals surface area contributed by atoms with Crippen molar-refractivity contribution >= 4 is 6.09 Å². The number of nitrogens with zero attached hydrogens (tertiary/aromatic N) is 6. The van der Waals surface area contributed by atoms with Gasteiger partial charge < -0.3 is 9.26 Å². The lowest BCUT2D eigenvalue weighted by atomic mass is 10.2. The van der Waals surface area contributed by atoms with Crippen LogP contribution in [-0.4, -0.2) is 48.8 Å². The van der Waals surface area contributed by atoms with E-state index in [1.165, 1.54) is 9.70 Å². The molecule has 0 fully saturated rings. The Kier molecular flexibility index (Phi) is 4.43. The quantitative estimate of drug-likeness (QED) is 0.846. The molecule has 0 aromatic carbocycles. The Bertz CT molecular complexity index is 616. The normalized spacial score (nSPS) is 13.0. The highest BCUT2D eigenvalue weighted by Gasteiger charge is 2.27. The molecule has 2 aromatic rings. The summed E-state index contributed by atoms with van der Waals surface area (Å²) in [6.07, 6.45) is 2.69. The minimum absolute atomic E-state index is 0.305. The van der Waals surface area contributed by atoms with Crippen LogP contribution in [0.25, 0.3) is 0 Å². The second-order valence-corrected chi connectivity index (χ2v) is 5.88. The molecule has 0 saturated carbocycles. The summed E-state index contributed by atoms with van der Waals surface area (Å²) in [6.45, 7) is 7.52. The molecule has 0 aliphatic carbocycles. The van der Waals surface area contributed by atoms with Crippen LogP contribution in [0, 0.1) is 0 Å². The van der Waals surface area contributed by atoms with Gasteiger partial charge in [0.25, 0.3) is 0 Å². The number of amides is 1. The van der Waals surface area contributed by atoms with Crippen LogP contribution in [0.3, 0.4) is 0 Å². The summed E-state index contributed by atoms with van der Waals surface area (Å²) in [5.74, 6) is 0.770. The van der Waals surface area contributed by atoms with Gasteiger partial charge in [0.05, 0.1) is 12.4 Å². The molecule has 2 rings (SSSR count). The average molecular weight is 308 g/mol. The summed E-state index contributed by atoms with van der Waals surface area (Å²) in [6, 6.07) is -0.401. The zero-order valence-corrected chi connectivity index (χ0v) is 13.3. The number of ether oxygens (including phenoxy) is 1. The molecule has 0 saturated heterocycles. The van der Waals surface area contributed by atoms with E-state index in [1.54, 1.807) is 26.4 Å². The fourth-order valence-corrected chi connectivity index (χ4v) is 1.61. The molecule has 0 radical (unpaired) electrons. The second-order valence-electron chi connectivity index (χ2n) is 5.88. The Morgan fingerprint density at radius 2 is 2.05 bits per heavy atom. The van der Waals surface area contributed by atoms with Gasteiger partial charge in [-0.25, -0.2) is 4.79 Å². The lowest BCUT2D eigenvalue weighted by Crippen LogP contribution is -2.35. The molecule has 0 unspecified atom stereocenters. The minimum Gasteiger partial charge on any atom is -0.444 e. The van der Waals surface area contributed by atoms with Crippen molar-refractivity contribution in [3.63, 3.8) is 0 Å². The number of hydrogen-bond donors (Lipinski definition) is 0. The molecule has 0 bridgehead atoms. The highest BCUT2D eigenvalue weighted by atomic mass is 16.6. The van der Waals surface area contributed by atoms with Gasteiger partial charge in [0.2, 0.25) is 5.89 Å². The summed E-state index contributed by atoms with van der Waals surface area (Å²) < 4.78 is 10.5. The van der Waals surface area contributed by atoms with E-state index in [1.807, 2.05) is 20.8 Å². The van der Waals surface area contributed by atoms with Crippen molar-refractivity contribution in [3.05, 3.63) is 24.1 Å². The van der Waals surface area contributed by atoms with Crippen LogP contribution < -0.4 is 0 Å². The first-order chi connectivity index (χ1) is 10.3. The van der Waals surface area contributed by atoms with Crippen LogP contribution in [0.4, 0.5) is 4.79 Å². The summed E-state index contributed by atoms with van der Waals surface area (Å²) in [5.41, 5.74) is -0.559. The molecule has 120 valence electrons. The van der Waals surface area contributed by atoms with Crippen LogP contribution in [0.5, 0.6) is 0 Å². The van der Waals surface area contributed by atoms with E-state index in [0.717, 1.165) is 0 Å². The van der Waals surface area contributed by atoms with Crippen molar-refractivity contribution in [2.24, 2.45) is 0 Å². The Morgan fingerprint density at radius 1 is 1.41 bits per heavy atom. The molecule has 1 amide bonds. The summed E-state index contributed by atoms with van der Waals surface area (Å²) in [7, 11) is 1.62. The molecular weight excluding hydrogens is 288 g/mol. The van der Waals surface area contributed by atoms with E-state index in [9.17, 15) is 4.79 Å². The van der Waals surface area contributed by atoms with Gasteiger partial charge in [-0.15, -0.1) is 0 Å². The number of hydrogen-bond acceptors (Lipinski definition) is 7. The molecule has 0 aliphatic heterocycles. The van der Waals surface area contributed by atoms with Gasteiger partial charge in [-0.05, 0) is 27.7 Å². The SMILES string of the molecule is C[C@@H](c1nc(Cn2nccn2)no1)N(C)C(=O)OC(C)(C)C. The molecule has 0 aliphatic rings. The monoisotopic (exact) mass is 308 g/mol. The second kappa shape index (κ2) is 6.12. The van der Waals surface area contributed by atoms with Crippen molar-refractivity contribution in [3.8, 4) is 0 Å². The smallest absolute Gasteiger partial charge is 0.410 e. The predicted octanol–water partition coefficient (Wildman–Crippen LogP) is 1.64. The zero-order chi connectivity index (χ0) is 16.3. The molecule has 2 heterocycles. The lowest BCUT2D eigenvalue weighted by molar-refractivity contribution is 0.0208. The molecule has 22 heavy (non-hydrogen) atoms. The van der Waals surface area contributed by atoms with E-state index >= 15 is 0 Å². The fraction of sp³-hybridized carbons (Fsp3) is 0.615. The Morgan fingerprint density at radius 3 is 2.64 bits per heavy atom. The van der Waals surface area contributed by atoms with Gasteiger partial charge in [-0.2, -0.15) is 20.0 Å². The molecular formula is C13H20N6O3. The average Bonchev–Trinajstić information content (AvgIpc) is 3.07. The van der Waals surface area contributed by atoms with Gasteiger partial charge in [0.15, 0.2) is 5.82 Å². The van der Waals surface area contributed by atoms with Gasteiger partial charge in [-0.1, -0.05) is 5.16 Å². The van der Waals surface area contributed by atoms with Crippen LogP contribution in [-0.2, 0) is 11.3 Å². The highest BCUT2D eigenvalue weighted by Crippen LogP contribution is 2.19. The summed E-state index contributed by atoms with van der Waals surface area (Å²) in [5, 5.41) is 11.8. The maximum Gasteiger partial charge on any atom is 0.410 e. The standard InChI is InChI=1S/C13H20N6O3/c1-9(18(5)12(20)21-13(2,3)4)11-16-10(17-22-11)8-19-14-6-7-15-19/h6-7,9H,8H2,1-5H3/t9-/m0/s1. The third-order valence-electron chi connectivity index (χ3n) is 2.85. The molecule has 1 atom stereocenters. The van der Waals surface area contributed by atoms with E-state index in [4.69, 9.17) is 9.26 Å². The maximum atomic E-state index is 12.0. The number of carbonyl (C=O) groups excluding carboxylic acids is 1. The van der Waals surface area contributed by atoms with E-state index < -0.39 is 17.7 Å². The highest BCUT2D eigenvalue weighted by molar-refractivity contribution is 5.68. The largest absolute Gasteiger partial charge is 0.444 e. The number of carbonyl (C=O) groups is 1. The van der Waals surface area contributed by atoms with Crippen LogP contribution >= 0.6 is 0 Å². The topological polar surface area (TPSA) is 99.2 Å². The van der Waals surface area contributed by atoms with E-state index in [0.29, 0.717) is 18.3 Å². The summed E-state index contributed by atoms with van der Waals surface area (Å²) >= 11 is 0. The van der Waals surface area contributed by atoms with Crippen molar-refractivity contribution in [1.29, 1.82) is 0 Å². The fourth-order valence-electron chi connectivity index (χ4n) is 1.61. The van der Waals surface area contributed by atoms with Crippen molar-refractivity contribution in [1.82, 2.24) is 30.0 Å². The van der Waals surface area contributed by atoms with Gasteiger partial charge >= 0.3 is 6.09 Å². The Balaban J connectivity index is 2.01. The summed E-state index contributed by atoms with van der Waals surface area (Å²) in [4.78, 5) is 19.1. The van der Waals surface area contributed by atoms with Crippen LogP contribution in [0.15, 0.2) is 16.9 Å². The van der Waals surface area contributed by atoms with E-state index in [2.05, 4.69) is 20.3 Å². The van der Waals surface area contributed by atoms with Crippen LogP contribution in [0.1, 0.15) is 45.5 Å². The lowest BCUT2D eigenvalue weighted by Gasteiger charge is -2.26. The van der Waals surface area contributed by atoms with Gasteiger partial charge in [0.1, 0.15) is 18.2 Å². The zero-order valence-electron chi connectivity index (χ0n) is 13.3. The Labute approximate surface area is 128 Å². The predicted molar refractivity (Wildman–Crippen MR) is 75.8 cm³/mol.